The summed E-state index contributed by atoms with van der Waals surface area (Å²) in [6, 6.07) is 5.86. The molecule has 3 rings (SSSR count). The Morgan fingerprint density at radius 2 is 2.00 bits per heavy atom. The molecule has 1 saturated heterocycles. The Balaban J connectivity index is 1.84. The molecule has 0 unspecified atom stereocenters. The molecule has 1 fully saturated rings. The largest absolute Gasteiger partial charge is 0.497 e. The monoisotopic (exact) mass is 387 g/mol. The lowest BCUT2D eigenvalue weighted by molar-refractivity contribution is -0.163. The number of carbonyl (C=O) groups is 2. The number of hydrogen-bond acceptors (Lipinski definition) is 6. The molecule has 1 aromatic heterocycles. The summed E-state index contributed by atoms with van der Waals surface area (Å²) in [5.74, 6) is -0.0414. The molecular formula is C21H25NO6. The third kappa shape index (κ3) is 4.35. The summed E-state index contributed by atoms with van der Waals surface area (Å²) in [5.41, 5.74) is -0.218. The van der Waals surface area contributed by atoms with E-state index in [4.69, 9.17) is 13.9 Å². The number of benzene rings is 1. The molecule has 1 aliphatic rings. The standard InChI is InChI=1S/C21H25NO6/c1-21(2,3)28-20(25)16-6-5-9-22(16)18(23)10-13-11-19(24)27-17-12-14(26-4)7-8-15(13)17/h7-8,11-12,16H,5-6,9-10H2,1-4H3/t16-/m1/s1. The van der Waals surface area contributed by atoms with Crippen LogP contribution in [0.25, 0.3) is 11.0 Å². The third-order valence-corrected chi connectivity index (χ3v) is 4.63. The van der Waals surface area contributed by atoms with Crippen molar-refractivity contribution < 1.29 is 23.5 Å². The summed E-state index contributed by atoms with van der Waals surface area (Å²) in [4.78, 5) is 38.9. The molecule has 1 aliphatic heterocycles. The van der Waals surface area contributed by atoms with Gasteiger partial charge in [-0.25, -0.2) is 9.59 Å². The van der Waals surface area contributed by atoms with E-state index in [0.717, 1.165) is 6.42 Å². The van der Waals surface area contributed by atoms with Crippen LogP contribution in [0, 0.1) is 0 Å². The first kappa shape index (κ1) is 19.9. The Labute approximate surface area is 163 Å². The van der Waals surface area contributed by atoms with E-state index in [-0.39, 0.29) is 18.3 Å². The predicted molar refractivity (Wildman–Crippen MR) is 103 cm³/mol. The maximum absolute atomic E-state index is 12.9. The van der Waals surface area contributed by atoms with Crippen LogP contribution in [-0.4, -0.2) is 42.1 Å². The molecule has 2 heterocycles. The second-order valence-corrected chi connectivity index (χ2v) is 7.91. The van der Waals surface area contributed by atoms with Crippen molar-refractivity contribution in [3.63, 3.8) is 0 Å². The van der Waals surface area contributed by atoms with Gasteiger partial charge in [-0.3, -0.25) is 4.79 Å². The number of rotatable bonds is 4. The lowest BCUT2D eigenvalue weighted by Crippen LogP contribution is -2.44. The van der Waals surface area contributed by atoms with Crippen LogP contribution in [0.5, 0.6) is 5.75 Å². The van der Waals surface area contributed by atoms with E-state index in [2.05, 4.69) is 0 Å². The Morgan fingerprint density at radius 1 is 1.25 bits per heavy atom. The lowest BCUT2D eigenvalue weighted by atomic mass is 10.1. The van der Waals surface area contributed by atoms with E-state index in [1.807, 2.05) is 0 Å². The molecule has 0 aliphatic carbocycles. The minimum absolute atomic E-state index is 0.00767. The Hall–Kier alpha value is -2.83. The highest BCUT2D eigenvalue weighted by Crippen LogP contribution is 2.25. The highest BCUT2D eigenvalue weighted by molar-refractivity contribution is 5.90. The highest BCUT2D eigenvalue weighted by atomic mass is 16.6. The van der Waals surface area contributed by atoms with Crippen molar-refractivity contribution in [1.82, 2.24) is 4.90 Å². The van der Waals surface area contributed by atoms with Crippen molar-refractivity contribution in [2.24, 2.45) is 0 Å². The maximum atomic E-state index is 12.9. The fourth-order valence-electron chi connectivity index (χ4n) is 3.43. The second-order valence-electron chi connectivity index (χ2n) is 7.91. The number of methoxy groups -OCH3 is 1. The zero-order chi connectivity index (χ0) is 20.5. The summed E-state index contributed by atoms with van der Waals surface area (Å²) in [7, 11) is 1.52. The molecule has 0 saturated carbocycles. The Morgan fingerprint density at radius 3 is 2.68 bits per heavy atom. The minimum Gasteiger partial charge on any atom is -0.497 e. The summed E-state index contributed by atoms with van der Waals surface area (Å²) in [6.45, 7) is 5.90. The van der Waals surface area contributed by atoms with E-state index in [1.165, 1.54) is 13.2 Å². The van der Waals surface area contributed by atoms with Gasteiger partial charge < -0.3 is 18.8 Å². The van der Waals surface area contributed by atoms with Gasteiger partial charge in [0.05, 0.1) is 13.5 Å². The van der Waals surface area contributed by atoms with Crippen LogP contribution in [-0.2, 0) is 20.7 Å². The zero-order valence-corrected chi connectivity index (χ0v) is 16.6. The average Bonchev–Trinajstić information content (AvgIpc) is 3.09. The van der Waals surface area contributed by atoms with Gasteiger partial charge in [0.15, 0.2) is 0 Å². The number of esters is 1. The van der Waals surface area contributed by atoms with Gasteiger partial charge in [-0.05, 0) is 51.3 Å². The molecule has 28 heavy (non-hydrogen) atoms. The average molecular weight is 387 g/mol. The van der Waals surface area contributed by atoms with Gasteiger partial charge in [-0.2, -0.15) is 0 Å². The summed E-state index contributed by atoms with van der Waals surface area (Å²) in [5, 5.41) is 0.668. The highest BCUT2D eigenvalue weighted by Gasteiger charge is 2.36. The molecule has 1 atom stereocenters. The Kier molecular flexibility index (Phi) is 5.45. The van der Waals surface area contributed by atoms with Crippen LogP contribution in [0.4, 0.5) is 0 Å². The Bertz CT molecular complexity index is 956. The van der Waals surface area contributed by atoms with E-state index in [1.54, 1.807) is 43.9 Å². The third-order valence-electron chi connectivity index (χ3n) is 4.63. The number of likely N-dealkylation sites (tertiary alicyclic amines) is 1. The van der Waals surface area contributed by atoms with E-state index in [9.17, 15) is 14.4 Å². The molecule has 7 nitrogen and oxygen atoms in total. The van der Waals surface area contributed by atoms with Crippen LogP contribution in [0.3, 0.4) is 0 Å². The second kappa shape index (κ2) is 7.66. The van der Waals surface area contributed by atoms with Crippen molar-refractivity contribution in [1.29, 1.82) is 0 Å². The van der Waals surface area contributed by atoms with Crippen LogP contribution < -0.4 is 10.4 Å². The molecule has 7 heteroatoms. The number of ether oxygens (including phenoxy) is 2. The van der Waals surface area contributed by atoms with Crippen molar-refractivity contribution in [3.05, 3.63) is 40.2 Å². The van der Waals surface area contributed by atoms with Crippen molar-refractivity contribution in [2.75, 3.05) is 13.7 Å². The van der Waals surface area contributed by atoms with Crippen LogP contribution >= 0.6 is 0 Å². The zero-order valence-electron chi connectivity index (χ0n) is 16.6. The number of carbonyl (C=O) groups excluding carboxylic acids is 2. The smallest absolute Gasteiger partial charge is 0.336 e. The SMILES string of the molecule is COc1ccc2c(CC(=O)N3CCC[C@@H]3C(=O)OC(C)(C)C)cc(=O)oc2c1. The van der Waals surface area contributed by atoms with Gasteiger partial charge in [0.1, 0.15) is 23.0 Å². The van der Waals surface area contributed by atoms with E-state index >= 15 is 0 Å². The molecule has 0 radical (unpaired) electrons. The molecule has 2 aromatic rings. The molecule has 150 valence electrons. The van der Waals surface area contributed by atoms with Crippen molar-refractivity contribution in [2.45, 2.75) is 51.7 Å². The van der Waals surface area contributed by atoms with Crippen LogP contribution in [0.2, 0.25) is 0 Å². The molecule has 0 bridgehead atoms. The number of hydrogen-bond donors (Lipinski definition) is 0. The summed E-state index contributed by atoms with van der Waals surface area (Å²) in [6.07, 6.45) is 1.33. The lowest BCUT2D eigenvalue weighted by Gasteiger charge is -2.27. The first-order valence-electron chi connectivity index (χ1n) is 9.31. The summed E-state index contributed by atoms with van der Waals surface area (Å²) >= 11 is 0. The fourth-order valence-corrected chi connectivity index (χ4v) is 3.43. The number of amides is 1. The molecular weight excluding hydrogens is 362 g/mol. The first-order valence-corrected chi connectivity index (χ1v) is 9.31. The topological polar surface area (TPSA) is 86.0 Å². The summed E-state index contributed by atoms with van der Waals surface area (Å²) < 4.78 is 15.8. The van der Waals surface area contributed by atoms with Crippen molar-refractivity contribution >= 4 is 22.8 Å². The normalized spacial score (nSPS) is 17.0. The van der Waals surface area contributed by atoms with Gasteiger partial charge in [-0.15, -0.1) is 0 Å². The maximum Gasteiger partial charge on any atom is 0.336 e. The van der Waals surface area contributed by atoms with E-state index in [0.29, 0.717) is 35.2 Å². The number of nitrogens with zero attached hydrogens (tertiary/aromatic N) is 1. The molecule has 1 amide bonds. The van der Waals surface area contributed by atoms with Crippen LogP contribution in [0.15, 0.2) is 33.5 Å². The molecule has 1 aromatic carbocycles. The minimum atomic E-state index is -0.609. The quantitative estimate of drug-likeness (QED) is 0.592. The first-order chi connectivity index (χ1) is 13.2. The predicted octanol–water partition coefficient (Wildman–Crippen LogP) is 2.68. The van der Waals surface area contributed by atoms with Gasteiger partial charge >= 0.3 is 11.6 Å². The van der Waals surface area contributed by atoms with Gasteiger partial charge in [0.2, 0.25) is 5.91 Å². The van der Waals surface area contributed by atoms with Gasteiger partial charge in [-0.1, -0.05) is 0 Å². The van der Waals surface area contributed by atoms with Gasteiger partial charge in [0, 0.05) is 24.1 Å². The molecule has 0 spiro atoms. The van der Waals surface area contributed by atoms with Gasteiger partial charge in [0.25, 0.3) is 0 Å². The van der Waals surface area contributed by atoms with E-state index < -0.39 is 17.3 Å². The van der Waals surface area contributed by atoms with Crippen molar-refractivity contribution in [3.8, 4) is 5.75 Å². The van der Waals surface area contributed by atoms with Crippen LogP contribution in [0.1, 0.15) is 39.2 Å². The fraction of sp³-hybridized carbons (Fsp3) is 0.476. The number of fused-ring (bicyclic) bond motifs is 1. The molecule has 0 N–H and O–H groups in total.